The topological polar surface area (TPSA) is 37.8 Å². The van der Waals surface area contributed by atoms with Crippen molar-refractivity contribution in [2.45, 2.75) is 44.6 Å². The molecular formula is C15H18BrN3S. The Kier molecular flexibility index (Phi) is 4.36. The number of nitrogens with one attached hydrogen (secondary N) is 1. The molecule has 1 N–H and O–H groups in total. The average molecular weight is 352 g/mol. The van der Waals surface area contributed by atoms with Crippen LogP contribution in [-0.2, 0) is 0 Å². The molecule has 1 saturated carbocycles. The van der Waals surface area contributed by atoms with Gasteiger partial charge in [0.25, 0.3) is 0 Å². The molecule has 0 aromatic carbocycles. The predicted octanol–water partition coefficient (Wildman–Crippen LogP) is 5.13. The third kappa shape index (κ3) is 3.38. The summed E-state index contributed by atoms with van der Waals surface area (Å²) < 4.78 is 0.873. The summed E-state index contributed by atoms with van der Waals surface area (Å²) >= 11 is 5.30. The first-order chi connectivity index (χ1) is 9.76. The SMILES string of the molecule is CCCC(Nc1cc(Br)nc(C2CC2)n1)c1cccs1. The number of aromatic nitrogens is 2. The molecule has 0 saturated heterocycles. The van der Waals surface area contributed by atoms with Gasteiger partial charge in [-0.05, 0) is 46.6 Å². The van der Waals surface area contributed by atoms with Gasteiger partial charge in [-0.2, -0.15) is 0 Å². The molecule has 0 radical (unpaired) electrons. The highest BCUT2D eigenvalue weighted by molar-refractivity contribution is 9.10. The summed E-state index contributed by atoms with van der Waals surface area (Å²) in [6, 6.07) is 6.61. The van der Waals surface area contributed by atoms with E-state index in [1.165, 1.54) is 17.7 Å². The monoisotopic (exact) mass is 351 g/mol. The summed E-state index contributed by atoms with van der Waals surface area (Å²) in [5, 5.41) is 5.71. The molecule has 2 aromatic rings. The molecule has 0 aliphatic heterocycles. The second kappa shape index (κ2) is 6.22. The highest BCUT2D eigenvalue weighted by Gasteiger charge is 2.27. The van der Waals surface area contributed by atoms with E-state index >= 15 is 0 Å². The van der Waals surface area contributed by atoms with Gasteiger partial charge in [-0.1, -0.05) is 19.4 Å². The van der Waals surface area contributed by atoms with Gasteiger partial charge in [-0.25, -0.2) is 9.97 Å². The standard InChI is InChI=1S/C15H18BrN3S/c1-2-4-11(12-5-3-8-20-12)17-14-9-13(16)18-15(19-14)10-6-7-10/h3,5,8-11H,2,4,6-7H2,1H3,(H,17,18,19). The fourth-order valence-corrected chi connectivity index (χ4v) is 3.49. The van der Waals surface area contributed by atoms with Gasteiger partial charge in [0.2, 0.25) is 0 Å². The zero-order chi connectivity index (χ0) is 13.9. The number of anilines is 1. The second-order valence-electron chi connectivity index (χ2n) is 5.21. The quantitative estimate of drug-likeness (QED) is 0.732. The molecule has 1 unspecified atom stereocenters. The summed E-state index contributed by atoms with van der Waals surface area (Å²) in [5.41, 5.74) is 0. The van der Waals surface area contributed by atoms with Crippen LogP contribution in [-0.4, -0.2) is 9.97 Å². The minimum atomic E-state index is 0.342. The first-order valence-electron chi connectivity index (χ1n) is 7.10. The van der Waals surface area contributed by atoms with Crippen LogP contribution in [0.1, 0.15) is 55.3 Å². The minimum Gasteiger partial charge on any atom is -0.362 e. The summed E-state index contributed by atoms with van der Waals surface area (Å²) in [6.45, 7) is 2.22. The lowest BCUT2D eigenvalue weighted by Crippen LogP contribution is -2.11. The van der Waals surface area contributed by atoms with Gasteiger partial charge >= 0.3 is 0 Å². The number of nitrogens with zero attached hydrogens (tertiary/aromatic N) is 2. The Balaban J connectivity index is 1.81. The van der Waals surface area contributed by atoms with Gasteiger partial charge < -0.3 is 5.32 Å². The molecule has 3 nitrogen and oxygen atoms in total. The van der Waals surface area contributed by atoms with Crippen LogP contribution < -0.4 is 5.32 Å². The largest absolute Gasteiger partial charge is 0.362 e. The maximum absolute atomic E-state index is 4.68. The van der Waals surface area contributed by atoms with Crippen LogP contribution in [0.25, 0.3) is 0 Å². The fraction of sp³-hybridized carbons (Fsp3) is 0.467. The molecule has 1 atom stereocenters. The molecule has 1 aliphatic carbocycles. The number of rotatable bonds is 6. The van der Waals surface area contributed by atoms with Crippen molar-refractivity contribution in [1.82, 2.24) is 9.97 Å². The lowest BCUT2D eigenvalue weighted by molar-refractivity contribution is 0.682. The molecule has 0 spiro atoms. The third-order valence-electron chi connectivity index (χ3n) is 3.44. The summed E-state index contributed by atoms with van der Waals surface area (Å²) in [5.74, 6) is 2.48. The van der Waals surface area contributed by atoms with E-state index in [9.17, 15) is 0 Å². The molecule has 0 bridgehead atoms. The Morgan fingerprint density at radius 3 is 2.95 bits per heavy atom. The van der Waals surface area contributed by atoms with Crippen LogP contribution in [0.2, 0.25) is 0 Å². The van der Waals surface area contributed by atoms with Gasteiger partial charge in [-0.15, -0.1) is 11.3 Å². The Bertz CT molecular complexity index is 567. The maximum Gasteiger partial charge on any atom is 0.135 e. The average Bonchev–Trinajstić information content (AvgIpc) is 3.13. The lowest BCUT2D eigenvalue weighted by atomic mass is 10.1. The lowest BCUT2D eigenvalue weighted by Gasteiger charge is -2.18. The molecule has 2 heterocycles. The van der Waals surface area contributed by atoms with Crippen molar-refractivity contribution in [1.29, 1.82) is 0 Å². The summed E-state index contributed by atoms with van der Waals surface area (Å²) in [4.78, 5) is 10.5. The van der Waals surface area contributed by atoms with E-state index in [1.54, 1.807) is 11.3 Å². The van der Waals surface area contributed by atoms with E-state index in [1.807, 2.05) is 6.07 Å². The molecule has 0 amide bonds. The fourth-order valence-electron chi connectivity index (χ4n) is 2.28. The van der Waals surface area contributed by atoms with E-state index in [2.05, 4.69) is 55.7 Å². The molecule has 2 aromatic heterocycles. The normalized spacial score (nSPS) is 16.1. The summed E-state index contributed by atoms with van der Waals surface area (Å²) in [7, 11) is 0. The van der Waals surface area contributed by atoms with Crippen LogP contribution >= 0.6 is 27.3 Å². The first kappa shape index (κ1) is 14.0. The zero-order valence-corrected chi connectivity index (χ0v) is 13.9. The van der Waals surface area contributed by atoms with E-state index in [0.717, 1.165) is 29.1 Å². The van der Waals surface area contributed by atoms with Crippen molar-refractivity contribution in [3.8, 4) is 0 Å². The highest BCUT2D eigenvalue weighted by atomic mass is 79.9. The minimum absolute atomic E-state index is 0.342. The van der Waals surface area contributed by atoms with Crippen molar-refractivity contribution in [2.75, 3.05) is 5.32 Å². The van der Waals surface area contributed by atoms with Crippen molar-refractivity contribution in [3.63, 3.8) is 0 Å². The Morgan fingerprint density at radius 1 is 1.45 bits per heavy atom. The van der Waals surface area contributed by atoms with Gasteiger partial charge in [0.15, 0.2) is 0 Å². The smallest absolute Gasteiger partial charge is 0.135 e. The van der Waals surface area contributed by atoms with Gasteiger partial charge in [0.05, 0.1) is 6.04 Å². The van der Waals surface area contributed by atoms with E-state index < -0.39 is 0 Å². The number of thiophene rings is 1. The van der Waals surface area contributed by atoms with Crippen molar-refractivity contribution in [3.05, 3.63) is 38.9 Å². The number of hydrogen-bond donors (Lipinski definition) is 1. The Morgan fingerprint density at radius 2 is 2.30 bits per heavy atom. The zero-order valence-electron chi connectivity index (χ0n) is 11.5. The number of halogens is 1. The molecular weight excluding hydrogens is 334 g/mol. The van der Waals surface area contributed by atoms with Gasteiger partial charge in [0.1, 0.15) is 16.2 Å². The van der Waals surface area contributed by atoms with Crippen LogP contribution in [0, 0.1) is 0 Å². The van der Waals surface area contributed by atoms with E-state index in [0.29, 0.717) is 12.0 Å². The second-order valence-corrected chi connectivity index (χ2v) is 7.00. The highest BCUT2D eigenvalue weighted by Crippen LogP contribution is 2.39. The van der Waals surface area contributed by atoms with E-state index in [4.69, 9.17) is 0 Å². The molecule has 3 rings (SSSR count). The molecule has 1 fully saturated rings. The first-order valence-corrected chi connectivity index (χ1v) is 8.78. The van der Waals surface area contributed by atoms with Crippen LogP contribution in [0.3, 0.4) is 0 Å². The van der Waals surface area contributed by atoms with Crippen molar-refractivity contribution >= 4 is 33.1 Å². The Labute approximate surface area is 132 Å². The molecule has 5 heteroatoms. The summed E-state index contributed by atoms with van der Waals surface area (Å²) in [6.07, 6.45) is 4.70. The van der Waals surface area contributed by atoms with E-state index in [-0.39, 0.29) is 0 Å². The molecule has 1 aliphatic rings. The van der Waals surface area contributed by atoms with Crippen LogP contribution in [0.5, 0.6) is 0 Å². The van der Waals surface area contributed by atoms with Crippen molar-refractivity contribution < 1.29 is 0 Å². The molecule has 20 heavy (non-hydrogen) atoms. The van der Waals surface area contributed by atoms with Crippen molar-refractivity contribution in [2.24, 2.45) is 0 Å². The maximum atomic E-state index is 4.68. The van der Waals surface area contributed by atoms with Gasteiger partial charge in [-0.3, -0.25) is 0 Å². The number of hydrogen-bond acceptors (Lipinski definition) is 4. The Hall–Kier alpha value is -0.940. The third-order valence-corrected chi connectivity index (χ3v) is 4.83. The predicted molar refractivity (Wildman–Crippen MR) is 87.3 cm³/mol. The van der Waals surface area contributed by atoms with Crippen LogP contribution in [0.15, 0.2) is 28.2 Å². The van der Waals surface area contributed by atoms with Gasteiger partial charge in [0, 0.05) is 16.9 Å². The molecule has 106 valence electrons. The van der Waals surface area contributed by atoms with Crippen LogP contribution in [0.4, 0.5) is 5.82 Å².